The summed E-state index contributed by atoms with van der Waals surface area (Å²) in [6.45, 7) is 5.35. The van der Waals surface area contributed by atoms with Crippen molar-refractivity contribution >= 4 is 34.0 Å². The Kier molecular flexibility index (Phi) is 7.02. The molecule has 9 nitrogen and oxygen atoms in total. The van der Waals surface area contributed by atoms with Crippen LogP contribution in [0.2, 0.25) is 0 Å². The molecule has 1 amide bonds. The molecule has 1 aromatic carbocycles. The van der Waals surface area contributed by atoms with Crippen LogP contribution in [-0.4, -0.2) is 67.2 Å². The maximum absolute atomic E-state index is 13.3. The molecule has 156 valence electrons. The van der Waals surface area contributed by atoms with Gasteiger partial charge in [0.1, 0.15) is 0 Å². The SMILES string of the molecule is Cc1cc([N+](=O)[O-])cc(C)c1S(=O)(=O)N1CCCC(N2CCNCC2=O)C1.Cl. The Morgan fingerprint density at radius 1 is 1.21 bits per heavy atom. The highest BCUT2D eigenvalue weighted by Crippen LogP contribution is 2.30. The summed E-state index contributed by atoms with van der Waals surface area (Å²) >= 11 is 0. The number of nitrogens with zero attached hydrogens (tertiary/aromatic N) is 3. The molecule has 0 saturated carbocycles. The molecular formula is C17H25ClN4O5S. The molecular weight excluding hydrogens is 408 g/mol. The van der Waals surface area contributed by atoms with E-state index in [1.54, 1.807) is 18.7 Å². The van der Waals surface area contributed by atoms with E-state index in [1.807, 2.05) is 0 Å². The highest BCUT2D eigenvalue weighted by Gasteiger charge is 2.36. The monoisotopic (exact) mass is 432 g/mol. The van der Waals surface area contributed by atoms with Gasteiger partial charge in [-0.25, -0.2) is 8.42 Å². The lowest BCUT2D eigenvalue weighted by atomic mass is 10.1. The zero-order chi connectivity index (χ0) is 19.8. The van der Waals surface area contributed by atoms with Gasteiger partial charge in [-0.15, -0.1) is 12.4 Å². The van der Waals surface area contributed by atoms with Crippen molar-refractivity contribution in [2.75, 3.05) is 32.7 Å². The Morgan fingerprint density at radius 2 is 1.86 bits per heavy atom. The van der Waals surface area contributed by atoms with Gasteiger partial charge in [0.25, 0.3) is 5.69 Å². The summed E-state index contributed by atoms with van der Waals surface area (Å²) in [5.74, 6) is -0.00630. The van der Waals surface area contributed by atoms with Crippen LogP contribution in [-0.2, 0) is 14.8 Å². The third-order valence-electron chi connectivity index (χ3n) is 5.18. The molecule has 0 radical (unpaired) electrons. The predicted molar refractivity (Wildman–Crippen MR) is 106 cm³/mol. The van der Waals surface area contributed by atoms with Gasteiger partial charge in [0.05, 0.1) is 16.4 Å². The number of hydrogen-bond acceptors (Lipinski definition) is 6. The van der Waals surface area contributed by atoms with Gasteiger partial charge >= 0.3 is 0 Å². The molecule has 1 aromatic rings. The number of nitrogens with one attached hydrogen (secondary N) is 1. The zero-order valence-electron chi connectivity index (χ0n) is 15.9. The zero-order valence-corrected chi connectivity index (χ0v) is 17.5. The second kappa shape index (κ2) is 8.73. The molecule has 0 aliphatic carbocycles. The Morgan fingerprint density at radius 3 is 2.43 bits per heavy atom. The van der Waals surface area contributed by atoms with Crippen molar-refractivity contribution in [3.8, 4) is 0 Å². The topological polar surface area (TPSA) is 113 Å². The number of sulfonamides is 1. The van der Waals surface area contributed by atoms with Crippen molar-refractivity contribution in [3.05, 3.63) is 33.4 Å². The fourth-order valence-corrected chi connectivity index (χ4v) is 5.90. The minimum Gasteiger partial charge on any atom is -0.336 e. The number of carbonyl (C=O) groups excluding carboxylic acids is 1. The summed E-state index contributed by atoms with van der Waals surface area (Å²) in [5.41, 5.74) is 0.607. The predicted octanol–water partition coefficient (Wildman–Crippen LogP) is 1.22. The third kappa shape index (κ3) is 4.29. The first kappa shape index (κ1) is 22.5. The van der Waals surface area contributed by atoms with Crippen LogP contribution in [0.3, 0.4) is 0 Å². The van der Waals surface area contributed by atoms with Crippen molar-refractivity contribution in [1.29, 1.82) is 0 Å². The minimum atomic E-state index is -3.80. The minimum absolute atomic E-state index is 0. The molecule has 1 unspecified atom stereocenters. The van der Waals surface area contributed by atoms with E-state index in [4.69, 9.17) is 0 Å². The molecule has 3 rings (SSSR count). The fourth-order valence-electron chi connectivity index (χ4n) is 3.97. The van der Waals surface area contributed by atoms with Gasteiger partial charge in [-0.1, -0.05) is 0 Å². The molecule has 1 N–H and O–H groups in total. The number of benzene rings is 1. The average Bonchev–Trinajstić information content (AvgIpc) is 2.61. The molecule has 2 fully saturated rings. The van der Waals surface area contributed by atoms with Crippen LogP contribution in [0.4, 0.5) is 5.69 Å². The summed E-state index contributed by atoms with van der Waals surface area (Å²) in [7, 11) is -3.80. The van der Waals surface area contributed by atoms with Crippen LogP contribution in [0, 0.1) is 24.0 Å². The van der Waals surface area contributed by atoms with Gasteiger partial charge in [-0.05, 0) is 37.8 Å². The summed E-state index contributed by atoms with van der Waals surface area (Å²) in [4.78, 5) is 24.6. The smallest absolute Gasteiger partial charge is 0.270 e. The number of carbonyl (C=O) groups is 1. The summed E-state index contributed by atoms with van der Waals surface area (Å²) in [5, 5.41) is 14.0. The van der Waals surface area contributed by atoms with E-state index in [9.17, 15) is 23.3 Å². The summed E-state index contributed by atoms with van der Waals surface area (Å²) in [6, 6.07) is 2.45. The van der Waals surface area contributed by atoms with Crippen LogP contribution in [0.1, 0.15) is 24.0 Å². The Balaban J connectivity index is 0.00000280. The van der Waals surface area contributed by atoms with E-state index >= 15 is 0 Å². The molecule has 2 heterocycles. The molecule has 2 saturated heterocycles. The van der Waals surface area contributed by atoms with E-state index in [1.165, 1.54) is 16.4 Å². The van der Waals surface area contributed by atoms with Gasteiger partial charge in [0.15, 0.2) is 0 Å². The molecule has 0 spiro atoms. The van der Waals surface area contributed by atoms with Crippen molar-refractivity contribution in [2.24, 2.45) is 0 Å². The molecule has 28 heavy (non-hydrogen) atoms. The number of piperidine rings is 1. The lowest BCUT2D eigenvalue weighted by molar-refractivity contribution is -0.385. The molecule has 0 aromatic heterocycles. The van der Waals surface area contributed by atoms with Crippen molar-refractivity contribution in [1.82, 2.24) is 14.5 Å². The van der Waals surface area contributed by atoms with E-state index in [-0.39, 0.29) is 48.0 Å². The summed E-state index contributed by atoms with van der Waals surface area (Å²) < 4.78 is 27.9. The van der Waals surface area contributed by atoms with Crippen molar-refractivity contribution < 1.29 is 18.1 Å². The number of nitro benzene ring substituents is 1. The van der Waals surface area contributed by atoms with Crippen LogP contribution >= 0.6 is 12.4 Å². The fraction of sp³-hybridized carbons (Fsp3) is 0.588. The van der Waals surface area contributed by atoms with E-state index < -0.39 is 14.9 Å². The second-order valence-electron chi connectivity index (χ2n) is 7.09. The largest absolute Gasteiger partial charge is 0.336 e. The highest BCUT2D eigenvalue weighted by atomic mass is 35.5. The summed E-state index contributed by atoms with van der Waals surface area (Å²) in [6.07, 6.45) is 1.45. The Bertz CT molecular complexity index is 853. The number of hydrogen-bond donors (Lipinski definition) is 1. The van der Waals surface area contributed by atoms with E-state index in [0.29, 0.717) is 37.2 Å². The maximum Gasteiger partial charge on any atom is 0.270 e. The Hall–Kier alpha value is -1.75. The first-order chi connectivity index (χ1) is 12.7. The lowest BCUT2D eigenvalue weighted by Gasteiger charge is -2.40. The molecule has 11 heteroatoms. The Labute approximate surface area is 170 Å². The van der Waals surface area contributed by atoms with Crippen LogP contribution in [0.5, 0.6) is 0 Å². The number of piperazine rings is 1. The number of halogens is 1. The quantitative estimate of drug-likeness (QED) is 0.565. The average molecular weight is 433 g/mol. The standard InChI is InChI=1S/C17H24N4O5S.ClH/c1-12-8-15(21(23)24)9-13(2)17(12)27(25,26)19-6-3-4-14(11-19)20-7-5-18-10-16(20)22;/h8-9,14,18H,3-7,10-11H2,1-2H3;1H. The van der Waals surface area contributed by atoms with Crippen LogP contribution < -0.4 is 5.32 Å². The maximum atomic E-state index is 13.3. The molecule has 0 bridgehead atoms. The van der Waals surface area contributed by atoms with Crippen LogP contribution in [0.25, 0.3) is 0 Å². The number of aryl methyl sites for hydroxylation is 2. The lowest BCUT2D eigenvalue weighted by Crippen LogP contribution is -2.57. The van der Waals surface area contributed by atoms with Gasteiger partial charge in [-0.2, -0.15) is 4.31 Å². The van der Waals surface area contributed by atoms with Crippen LogP contribution in [0.15, 0.2) is 17.0 Å². The third-order valence-corrected chi connectivity index (χ3v) is 7.35. The molecule has 2 aliphatic heterocycles. The first-order valence-corrected chi connectivity index (χ1v) is 10.4. The number of nitro groups is 1. The number of rotatable bonds is 4. The highest BCUT2D eigenvalue weighted by molar-refractivity contribution is 7.89. The number of non-ortho nitro benzene ring substituents is 1. The number of amides is 1. The van der Waals surface area contributed by atoms with Crippen molar-refractivity contribution in [2.45, 2.75) is 37.6 Å². The van der Waals surface area contributed by atoms with Gasteiger partial charge in [0, 0.05) is 44.4 Å². The van der Waals surface area contributed by atoms with Gasteiger partial charge in [0.2, 0.25) is 15.9 Å². The molecule has 1 atom stereocenters. The molecule has 2 aliphatic rings. The first-order valence-electron chi connectivity index (χ1n) is 8.98. The van der Waals surface area contributed by atoms with Crippen molar-refractivity contribution in [3.63, 3.8) is 0 Å². The van der Waals surface area contributed by atoms with Gasteiger partial charge < -0.3 is 10.2 Å². The van der Waals surface area contributed by atoms with E-state index in [2.05, 4.69) is 5.32 Å². The second-order valence-corrected chi connectivity index (χ2v) is 8.96. The van der Waals surface area contributed by atoms with E-state index in [0.717, 1.165) is 6.42 Å². The normalized spacial score (nSPS) is 21.3. The van der Waals surface area contributed by atoms with Gasteiger partial charge in [-0.3, -0.25) is 14.9 Å².